The molecule has 5 heteroatoms. The average molecular weight is 285 g/mol. The van der Waals surface area contributed by atoms with Crippen molar-refractivity contribution in [2.24, 2.45) is 0 Å². The zero-order valence-corrected chi connectivity index (χ0v) is 11.9. The summed E-state index contributed by atoms with van der Waals surface area (Å²) in [6.45, 7) is 3.62. The second kappa shape index (κ2) is 7.36. The number of nitrogens with one attached hydrogen (secondary N) is 2. The molecule has 0 bridgehead atoms. The lowest BCUT2D eigenvalue weighted by Crippen LogP contribution is -2.30. The van der Waals surface area contributed by atoms with Gasteiger partial charge in [0.25, 0.3) is 5.91 Å². The quantitative estimate of drug-likeness (QED) is 0.792. The summed E-state index contributed by atoms with van der Waals surface area (Å²) in [6.07, 6.45) is 3.35. The van der Waals surface area contributed by atoms with Gasteiger partial charge in [-0.3, -0.25) is 4.79 Å². The van der Waals surface area contributed by atoms with Gasteiger partial charge < -0.3 is 15.7 Å². The minimum atomic E-state index is -0.200. The minimum absolute atomic E-state index is 0. The summed E-state index contributed by atoms with van der Waals surface area (Å²) in [5.74, 6) is -0.161. The number of amides is 1. The van der Waals surface area contributed by atoms with E-state index in [1.807, 2.05) is 6.92 Å². The van der Waals surface area contributed by atoms with Crippen molar-refractivity contribution in [1.82, 2.24) is 10.6 Å². The van der Waals surface area contributed by atoms with Crippen LogP contribution in [0.5, 0.6) is 5.75 Å². The SMILES string of the molecule is Cc1ccc(O)c(C(=O)NCC[C@H]2CCCN2)c1.Cl. The predicted molar refractivity (Wildman–Crippen MR) is 78.1 cm³/mol. The summed E-state index contributed by atoms with van der Waals surface area (Å²) in [5.41, 5.74) is 1.32. The summed E-state index contributed by atoms with van der Waals surface area (Å²) in [7, 11) is 0. The molecule has 0 spiro atoms. The Kier molecular flexibility index (Phi) is 6.12. The van der Waals surface area contributed by atoms with Gasteiger partial charge in [-0.25, -0.2) is 0 Å². The van der Waals surface area contributed by atoms with Crippen LogP contribution in [0.4, 0.5) is 0 Å². The Morgan fingerprint density at radius 3 is 3.00 bits per heavy atom. The van der Waals surface area contributed by atoms with Crippen molar-refractivity contribution in [2.45, 2.75) is 32.2 Å². The van der Waals surface area contributed by atoms with E-state index in [2.05, 4.69) is 10.6 Å². The Hall–Kier alpha value is -1.26. The fourth-order valence-electron chi connectivity index (χ4n) is 2.29. The molecule has 106 valence electrons. The first kappa shape index (κ1) is 15.8. The van der Waals surface area contributed by atoms with Crippen molar-refractivity contribution in [3.05, 3.63) is 29.3 Å². The van der Waals surface area contributed by atoms with E-state index in [1.165, 1.54) is 12.8 Å². The van der Waals surface area contributed by atoms with E-state index in [4.69, 9.17) is 0 Å². The van der Waals surface area contributed by atoms with Gasteiger partial charge in [0, 0.05) is 12.6 Å². The number of rotatable bonds is 4. The molecule has 1 fully saturated rings. The van der Waals surface area contributed by atoms with Crippen molar-refractivity contribution in [2.75, 3.05) is 13.1 Å². The predicted octanol–water partition coefficient (Wildman–Crippen LogP) is 1.99. The molecule has 0 aromatic heterocycles. The summed E-state index contributed by atoms with van der Waals surface area (Å²) >= 11 is 0. The lowest BCUT2D eigenvalue weighted by molar-refractivity contribution is 0.0949. The summed E-state index contributed by atoms with van der Waals surface area (Å²) in [4.78, 5) is 11.9. The second-order valence-electron chi connectivity index (χ2n) is 4.86. The largest absolute Gasteiger partial charge is 0.507 e. The number of aryl methyl sites for hydroxylation is 1. The Morgan fingerprint density at radius 2 is 2.32 bits per heavy atom. The van der Waals surface area contributed by atoms with Crippen LogP contribution in [0, 0.1) is 6.92 Å². The van der Waals surface area contributed by atoms with Crippen molar-refractivity contribution in [1.29, 1.82) is 0 Å². The topological polar surface area (TPSA) is 61.4 Å². The molecule has 1 amide bonds. The number of carbonyl (C=O) groups excluding carboxylic acids is 1. The fraction of sp³-hybridized carbons (Fsp3) is 0.500. The first-order valence-corrected chi connectivity index (χ1v) is 6.48. The molecule has 4 nitrogen and oxygen atoms in total. The number of aromatic hydroxyl groups is 1. The Balaban J connectivity index is 0.00000180. The fourth-order valence-corrected chi connectivity index (χ4v) is 2.29. The monoisotopic (exact) mass is 284 g/mol. The number of phenols is 1. The van der Waals surface area contributed by atoms with Gasteiger partial charge in [0.05, 0.1) is 5.56 Å². The molecule has 0 aliphatic carbocycles. The molecular formula is C14H21ClN2O2. The highest BCUT2D eigenvalue weighted by Crippen LogP contribution is 2.18. The Labute approximate surface area is 120 Å². The summed E-state index contributed by atoms with van der Waals surface area (Å²) in [5, 5.41) is 15.9. The number of phenolic OH excluding ortho intramolecular Hbond substituents is 1. The first-order valence-electron chi connectivity index (χ1n) is 6.48. The molecule has 2 rings (SSSR count). The van der Waals surface area contributed by atoms with Gasteiger partial charge in [-0.1, -0.05) is 11.6 Å². The number of carbonyl (C=O) groups is 1. The molecule has 1 heterocycles. The van der Waals surface area contributed by atoms with Gasteiger partial charge in [-0.05, 0) is 44.9 Å². The van der Waals surface area contributed by atoms with Crippen LogP contribution in [0.1, 0.15) is 35.2 Å². The molecule has 0 radical (unpaired) electrons. The molecule has 1 atom stereocenters. The maximum atomic E-state index is 11.9. The second-order valence-corrected chi connectivity index (χ2v) is 4.86. The number of halogens is 1. The number of hydrogen-bond acceptors (Lipinski definition) is 3. The maximum absolute atomic E-state index is 11.9. The van der Waals surface area contributed by atoms with E-state index in [0.717, 1.165) is 18.5 Å². The smallest absolute Gasteiger partial charge is 0.255 e. The van der Waals surface area contributed by atoms with Gasteiger partial charge in [0.2, 0.25) is 0 Å². The zero-order chi connectivity index (χ0) is 13.0. The van der Waals surface area contributed by atoms with E-state index in [9.17, 15) is 9.90 Å². The van der Waals surface area contributed by atoms with E-state index in [1.54, 1.807) is 18.2 Å². The maximum Gasteiger partial charge on any atom is 0.255 e. The van der Waals surface area contributed by atoms with E-state index in [-0.39, 0.29) is 24.1 Å². The van der Waals surface area contributed by atoms with Crippen LogP contribution in [0.3, 0.4) is 0 Å². The van der Waals surface area contributed by atoms with E-state index < -0.39 is 0 Å². The van der Waals surface area contributed by atoms with Crippen molar-refractivity contribution in [3.63, 3.8) is 0 Å². The van der Waals surface area contributed by atoms with Crippen LogP contribution in [0.2, 0.25) is 0 Å². The molecule has 1 saturated heterocycles. The highest BCUT2D eigenvalue weighted by Gasteiger charge is 2.15. The van der Waals surface area contributed by atoms with Crippen LogP contribution in [-0.4, -0.2) is 30.1 Å². The molecule has 19 heavy (non-hydrogen) atoms. The van der Waals surface area contributed by atoms with Crippen molar-refractivity contribution >= 4 is 18.3 Å². The molecule has 1 aliphatic heterocycles. The standard InChI is InChI=1S/C14H20N2O2.ClH/c1-10-4-5-13(17)12(9-10)14(18)16-8-6-11-3-2-7-15-11;/h4-5,9,11,15,17H,2-3,6-8H2,1H3,(H,16,18);1H/t11-;/m1./s1. The van der Waals surface area contributed by atoms with Crippen LogP contribution in [-0.2, 0) is 0 Å². The van der Waals surface area contributed by atoms with Crippen molar-refractivity contribution in [3.8, 4) is 5.75 Å². The van der Waals surface area contributed by atoms with Crippen LogP contribution in [0.25, 0.3) is 0 Å². The molecule has 1 aromatic carbocycles. The lowest BCUT2D eigenvalue weighted by atomic mass is 10.1. The molecule has 0 saturated carbocycles. The first-order chi connectivity index (χ1) is 8.66. The van der Waals surface area contributed by atoms with Crippen LogP contribution >= 0.6 is 12.4 Å². The normalized spacial score (nSPS) is 17.8. The average Bonchev–Trinajstić information content (AvgIpc) is 2.85. The van der Waals surface area contributed by atoms with Crippen LogP contribution < -0.4 is 10.6 Å². The molecule has 1 aromatic rings. The molecule has 1 aliphatic rings. The van der Waals surface area contributed by atoms with Crippen molar-refractivity contribution < 1.29 is 9.90 Å². The highest BCUT2D eigenvalue weighted by atomic mass is 35.5. The molecular weight excluding hydrogens is 264 g/mol. The Bertz CT molecular complexity index is 431. The zero-order valence-electron chi connectivity index (χ0n) is 11.1. The third kappa shape index (κ3) is 4.40. The van der Waals surface area contributed by atoms with Gasteiger partial charge in [0.15, 0.2) is 0 Å². The Morgan fingerprint density at radius 1 is 1.53 bits per heavy atom. The number of benzene rings is 1. The lowest BCUT2D eigenvalue weighted by Gasteiger charge is -2.11. The molecule has 0 unspecified atom stereocenters. The van der Waals surface area contributed by atoms with E-state index in [0.29, 0.717) is 18.2 Å². The third-order valence-electron chi connectivity index (χ3n) is 3.34. The van der Waals surface area contributed by atoms with E-state index >= 15 is 0 Å². The minimum Gasteiger partial charge on any atom is -0.507 e. The van der Waals surface area contributed by atoms with Gasteiger partial charge in [-0.2, -0.15) is 0 Å². The number of hydrogen-bond donors (Lipinski definition) is 3. The third-order valence-corrected chi connectivity index (χ3v) is 3.34. The van der Waals surface area contributed by atoms with Crippen LogP contribution in [0.15, 0.2) is 18.2 Å². The van der Waals surface area contributed by atoms with Gasteiger partial charge in [-0.15, -0.1) is 12.4 Å². The van der Waals surface area contributed by atoms with Gasteiger partial charge >= 0.3 is 0 Å². The van der Waals surface area contributed by atoms with Gasteiger partial charge in [0.1, 0.15) is 5.75 Å². The molecule has 3 N–H and O–H groups in total. The summed E-state index contributed by atoms with van der Waals surface area (Å²) < 4.78 is 0. The highest BCUT2D eigenvalue weighted by molar-refractivity contribution is 5.96. The summed E-state index contributed by atoms with van der Waals surface area (Å²) in [6, 6.07) is 5.58.